The summed E-state index contributed by atoms with van der Waals surface area (Å²) in [5.74, 6) is -0.227. The van der Waals surface area contributed by atoms with Gasteiger partial charge in [0.2, 0.25) is 5.91 Å². The number of anilines is 1. The van der Waals surface area contributed by atoms with Gasteiger partial charge < -0.3 is 29.2 Å². The van der Waals surface area contributed by atoms with E-state index in [1.807, 2.05) is 6.20 Å². The molecule has 4 fully saturated rings. The Morgan fingerprint density at radius 1 is 1.10 bits per heavy atom. The molecule has 6 heterocycles. The molecule has 2 unspecified atom stereocenters. The van der Waals surface area contributed by atoms with Gasteiger partial charge >= 0.3 is 5.97 Å². The van der Waals surface area contributed by atoms with Gasteiger partial charge in [-0.1, -0.05) is 26.8 Å². The van der Waals surface area contributed by atoms with Crippen LogP contribution in [0.2, 0.25) is 0 Å². The van der Waals surface area contributed by atoms with E-state index in [1.165, 1.54) is 10.9 Å². The lowest BCUT2D eigenvalue weighted by atomic mass is 9.91. The first kappa shape index (κ1) is 41.4. The summed E-state index contributed by atoms with van der Waals surface area (Å²) in [7, 11) is 3.92. The van der Waals surface area contributed by atoms with Crippen LogP contribution in [0, 0.1) is 23.2 Å². The number of aliphatic imine (C=N–C) groups is 1. The molecule has 9 rings (SSSR count). The third kappa shape index (κ3) is 7.75. The van der Waals surface area contributed by atoms with E-state index in [4.69, 9.17) is 19.5 Å². The fraction of sp³-hybridized carbons (Fsp3) is 0.630. The van der Waals surface area contributed by atoms with Crippen LogP contribution in [0.3, 0.4) is 0 Å². The lowest BCUT2D eigenvalue weighted by Crippen LogP contribution is -2.60. The molecule has 6 bridgehead atoms. The second-order valence-electron chi connectivity index (χ2n) is 18.5. The highest BCUT2D eigenvalue weighted by Crippen LogP contribution is 2.53. The number of cyclic esters (lactones) is 1. The number of hydrogen-bond acceptors (Lipinski definition) is 11. The minimum absolute atomic E-state index is 0.0899. The second kappa shape index (κ2) is 16.4. The lowest BCUT2D eigenvalue weighted by Gasteiger charge is -2.35. The van der Waals surface area contributed by atoms with E-state index in [0.29, 0.717) is 32.4 Å². The zero-order chi connectivity index (χ0) is 42.0. The number of esters is 1. The van der Waals surface area contributed by atoms with Crippen LogP contribution in [0.4, 0.5) is 5.69 Å². The van der Waals surface area contributed by atoms with Crippen molar-refractivity contribution in [2.45, 2.75) is 109 Å². The molecule has 1 aromatic carbocycles. The summed E-state index contributed by atoms with van der Waals surface area (Å²) in [6, 6.07) is 7.58. The van der Waals surface area contributed by atoms with E-state index in [-0.39, 0.29) is 58.3 Å². The highest BCUT2D eigenvalue weighted by molar-refractivity contribution is 8.14. The summed E-state index contributed by atoms with van der Waals surface area (Å²) in [6.45, 7) is 16.0. The van der Waals surface area contributed by atoms with Crippen molar-refractivity contribution >= 4 is 51.2 Å². The van der Waals surface area contributed by atoms with Crippen LogP contribution in [0.15, 0.2) is 35.5 Å². The number of hydrogen-bond donors (Lipinski definition) is 2. The van der Waals surface area contributed by atoms with E-state index in [0.717, 1.165) is 90.7 Å². The number of aryl methyl sites for hydroxylation is 1. The van der Waals surface area contributed by atoms with Crippen LogP contribution in [-0.2, 0) is 36.8 Å². The largest absolute Gasteiger partial charge is 0.464 e. The number of amides is 2. The van der Waals surface area contributed by atoms with Crippen molar-refractivity contribution in [3.8, 4) is 11.3 Å². The van der Waals surface area contributed by atoms with Gasteiger partial charge in [0.25, 0.3) is 5.91 Å². The number of methoxy groups -OCH3 is 1. The number of rotatable bonds is 7. The van der Waals surface area contributed by atoms with E-state index < -0.39 is 12.1 Å². The third-order valence-electron chi connectivity index (χ3n) is 14.5. The first-order chi connectivity index (χ1) is 28.9. The number of pyridine rings is 1. The summed E-state index contributed by atoms with van der Waals surface area (Å²) in [4.78, 5) is 57.0. The zero-order valence-electron chi connectivity index (χ0n) is 36.3. The Morgan fingerprint density at radius 3 is 2.57 bits per heavy atom. The number of ether oxygens (including phenoxy) is 2. The van der Waals surface area contributed by atoms with Gasteiger partial charge in [0.1, 0.15) is 12.1 Å². The normalized spacial score (nSPS) is 29.9. The molecule has 0 radical (unpaired) electrons. The van der Waals surface area contributed by atoms with Crippen LogP contribution in [0.5, 0.6) is 0 Å². The Hall–Kier alpha value is -3.98. The Kier molecular flexibility index (Phi) is 11.3. The highest BCUT2D eigenvalue weighted by Gasteiger charge is 2.50. The molecule has 322 valence electrons. The molecule has 3 aromatic rings. The number of piperazine rings is 1. The number of fused-ring (bicyclic) bond motifs is 5. The molecule has 13 nitrogen and oxygen atoms in total. The summed E-state index contributed by atoms with van der Waals surface area (Å²) in [5, 5.41) is 6.84. The quantitative estimate of drug-likeness (QED) is 0.277. The molecule has 2 amide bonds. The van der Waals surface area contributed by atoms with Crippen LogP contribution in [-0.4, -0.2) is 113 Å². The van der Waals surface area contributed by atoms with Crippen molar-refractivity contribution in [2.75, 3.05) is 58.4 Å². The topological polar surface area (TPSA) is 134 Å². The average molecular weight is 839 g/mol. The van der Waals surface area contributed by atoms with E-state index in [2.05, 4.69) is 91.0 Å². The van der Waals surface area contributed by atoms with Crippen molar-refractivity contribution in [2.24, 2.45) is 28.2 Å². The number of likely N-dealkylation sites (N-methyl/N-ethyl adjacent to an activating group) is 1. The molecule has 1 spiro atoms. The zero-order valence-corrected chi connectivity index (χ0v) is 37.1. The maximum Gasteiger partial charge on any atom is 0.324 e. The van der Waals surface area contributed by atoms with Crippen LogP contribution in [0.25, 0.3) is 22.2 Å². The number of hydrazine groups is 1. The summed E-state index contributed by atoms with van der Waals surface area (Å²) in [6.07, 6.45) is 5.94. The Bertz CT molecular complexity index is 2190. The first-order valence-corrected chi connectivity index (χ1v) is 23.2. The van der Waals surface area contributed by atoms with Gasteiger partial charge in [0, 0.05) is 85.8 Å². The molecule has 2 saturated heterocycles. The smallest absolute Gasteiger partial charge is 0.324 e. The Balaban J connectivity index is 1.17. The minimum Gasteiger partial charge on any atom is -0.464 e. The van der Waals surface area contributed by atoms with Crippen LogP contribution < -0.4 is 15.6 Å². The number of nitrogens with one attached hydrogen (secondary N) is 2. The molecule has 14 heteroatoms. The molecule has 6 aliphatic rings. The summed E-state index contributed by atoms with van der Waals surface area (Å²) >= 11 is 1.69. The minimum atomic E-state index is -0.806. The molecule has 2 aromatic heterocycles. The van der Waals surface area contributed by atoms with Crippen molar-refractivity contribution in [3.63, 3.8) is 0 Å². The molecule has 2 aliphatic carbocycles. The Labute approximate surface area is 358 Å². The SMILES string of the molecule is CCn1c(-c2cc(N3CCN(C)CC3)cnc2[C@H](C)OC)c2c3cc(ccc31)C1N=C(C[C@H](NC(=O)[C@H]3[C@H](C)[C@@H]3C)C(=O)N3CCC[C@H](N3)C(=O)OCC3(CC3)C2)SC1C. The number of benzene rings is 1. The van der Waals surface area contributed by atoms with Crippen molar-refractivity contribution in [1.29, 1.82) is 0 Å². The molecule has 2 saturated carbocycles. The Morgan fingerprint density at radius 2 is 1.87 bits per heavy atom. The predicted molar refractivity (Wildman–Crippen MR) is 236 cm³/mol. The number of nitrogens with zero attached hydrogens (tertiary/aromatic N) is 6. The second-order valence-corrected chi connectivity index (χ2v) is 20.0. The van der Waals surface area contributed by atoms with Gasteiger partial charge in [0.05, 0.1) is 47.1 Å². The number of carbonyl (C=O) groups excluding carboxylic acids is 3. The predicted octanol–water partition coefficient (Wildman–Crippen LogP) is 5.91. The molecule has 8 atom stereocenters. The molecule has 2 N–H and O–H groups in total. The third-order valence-corrected chi connectivity index (χ3v) is 15.7. The molecular formula is C46H62N8O5S. The van der Waals surface area contributed by atoms with Crippen LogP contribution in [0.1, 0.15) is 95.7 Å². The van der Waals surface area contributed by atoms with Gasteiger partial charge in [-0.15, -0.1) is 11.8 Å². The first-order valence-electron chi connectivity index (χ1n) is 22.3. The lowest BCUT2D eigenvalue weighted by molar-refractivity contribution is -0.154. The van der Waals surface area contributed by atoms with Crippen molar-refractivity contribution in [1.82, 2.24) is 30.2 Å². The monoisotopic (exact) mass is 838 g/mol. The number of thioether (sulfide) groups is 1. The number of aromatic nitrogens is 2. The van der Waals surface area contributed by atoms with Gasteiger partial charge in [-0.3, -0.25) is 29.4 Å². The van der Waals surface area contributed by atoms with Crippen molar-refractivity contribution < 1.29 is 23.9 Å². The van der Waals surface area contributed by atoms with Gasteiger partial charge in [-0.2, -0.15) is 0 Å². The summed E-state index contributed by atoms with van der Waals surface area (Å²) < 4.78 is 14.7. The maximum atomic E-state index is 14.3. The highest BCUT2D eigenvalue weighted by atomic mass is 32.2. The number of carbonyl (C=O) groups is 3. The maximum absolute atomic E-state index is 14.3. The van der Waals surface area contributed by atoms with Gasteiger partial charge in [0.15, 0.2) is 0 Å². The van der Waals surface area contributed by atoms with E-state index >= 15 is 0 Å². The fourth-order valence-electron chi connectivity index (χ4n) is 10.1. The van der Waals surface area contributed by atoms with Crippen LogP contribution >= 0.6 is 11.8 Å². The molecule has 60 heavy (non-hydrogen) atoms. The average Bonchev–Trinajstić information content (AvgIpc) is 4.07. The standard InChI is InChI=1S/C46H62N8O5S/c1-8-53-37-12-11-30-20-32(37)34(42(53)33-21-31(24-47-40(33)28(4)58-7)52-18-16-51(6)17-19-52)23-46(13-14-46)25-59-45(57)35-10-9-15-54(50-35)44(56)36(22-38-49-41(30)29(5)60-38)48-43(55)39-26(2)27(39)3/h11-12,20-21,24,26-29,35-36,39,41,50H,8-10,13-19,22-23,25H2,1-7H3,(H,48,55)/t26-,27+,28-,29?,35-,36-,39+,41?/m0/s1. The van der Waals surface area contributed by atoms with Crippen molar-refractivity contribution in [3.05, 3.63) is 47.3 Å². The van der Waals surface area contributed by atoms with Gasteiger partial charge in [-0.05, 0) is 94.2 Å². The van der Waals surface area contributed by atoms with Gasteiger partial charge in [-0.25, -0.2) is 5.43 Å². The fourth-order valence-corrected chi connectivity index (χ4v) is 11.3. The van der Waals surface area contributed by atoms with E-state index in [1.54, 1.807) is 23.9 Å². The summed E-state index contributed by atoms with van der Waals surface area (Å²) in [5.41, 5.74) is 10.8. The van der Waals surface area contributed by atoms with E-state index in [9.17, 15) is 14.4 Å². The molecular weight excluding hydrogens is 777 g/mol. The molecule has 4 aliphatic heterocycles.